The van der Waals surface area contributed by atoms with Crippen LogP contribution in [0, 0.1) is 0 Å². The van der Waals surface area contributed by atoms with Gasteiger partial charge in [0, 0.05) is 28.9 Å². The van der Waals surface area contributed by atoms with Crippen LogP contribution in [-0.4, -0.2) is 4.57 Å². The molecule has 1 aromatic heterocycles. The molecule has 0 amide bonds. The molecule has 0 radical (unpaired) electrons. The van der Waals surface area contributed by atoms with Gasteiger partial charge >= 0.3 is 0 Å². The molecule has 0 bridgehead atoms. The summed E-state index contributed by atoms with van der Waals surface area (Å²) in [5, 5.41) is 2.68. The molecule has 0 saturated heterocycles. The summed E-state index contributed by atoms with van der Waals surface area (Å²) in [6, 6.07) is 15.4. The maximum absolute atomic E-state index is 2.31. The number of benzene rings is 2. The van der Waals surface area contributed by atoms with E-state index in [0.717, 1.165) is 6.42 Å². The van der Waals surface area contributed by atoms with Gasteiger partial charge in [0.1, 0.15) is 0 Å². The minimum atomic E-state index is 1.05. The molecule has 1 aliphatic rings. The summed E-state index contributed by atoms with van der Waals surface area (Å²) in [7, 11) is 2.15. The summed E-state index contributed by atoms with van der Waals surface area (Å²) in [5.74, 6) is 0. The van der Waals surface area contributed by atoms with Crippen molar-refractivity contribution in [3.8, 4) is 0 Å². The fourth-order valence-electron chi connectivity index (χ4n) is 3.02. The Bertz CT molecular complexity index is 847. The quantitative estimate of drug-likeness (QED) is 0.587. The highest BCUT2D eigenvalue weighted by atomic mass is 14.9. The lowest BCUT2D eigenvalue weighted by molar-refractivity contribution is 1.01. The van der Waals surface area contributed by atoms with Gasteiger partial charge in [-0.15, -0.1) is 0 Å². The maximum atomic E-state index is 2.31. The van der Waals surface area contributed by atoms with Crippen molar-refractivity contribution in [2.75, 3.05) is 0 Å². The summed E-state index contributed by atoms with van der Waals surface area (Å²) in [6.45, 7) is 0. The van der Waals surface area contributed by atoms with Crippen molar-refractivity contribution in [1.29, 1.82) is 0 Å². The number of fused-ring (bicyclic) bond motifs is 3. The van der Waals surface area contributed by atoms with Crippen molar-refractivity contribution >= 4 is 27.4 Å². The van der Waals surface area contributed by atoms with Crippen LogP contribution in [0.5, 0.6) is 0 Å². The Morgan fingerprint density at radius 2 is 1.79 bits per heavy atom. The average molecular weight is 245 g/mol. The molecular formula is C18H15N. The molecule has 0 spiro atoms. The largest absolute Gasteiger partial charge is 0.344 e. The lowest BCUT2D eigenvalue weighted by Gasteiger charge is -2.04. The van der Waals surface area contributed by atoms with Gasteiger partial charge in [-0.3, -0.25) is 0 Å². The Kier molecular flexibility index (Phi) is 2.16. The molecule has 0 fully saturated rings. The highest BCUT2D eigenvalue weighted by molar-refractivity contribution is 6.08. The van der Waals surface area contributed by atoms with Gasteiger partial charge in [0.05, 0.1) is 0 Å². The van der Waals surface area contributed by atoms with E-state index in [0.29, 0.717) is 0 Å². The van der Waals surface area contributed by atoms with E-state index in [1.807, 2.05) is 0 Å². The standard InChI is InChI=1S/C18H15N/c1-19-17-9-5-4-8-15(17)16-11-10-14(12-18(16)19)13-6-2-3-7-13/h2-6,8-12H,7H2,1H3. The van der Waals surface area contributed by atoms with Crippen molar-refractivity contribution in [2.24, 2.45) is 7.05 Å². The van der Waals surface area contributed by atoms with Crippen LogP contribution in [-0.2, 0) is 7.05 Å². The number of hydrogen-bond donors (Lipinski definition) is 0. The van der Waals surface area contributed by atoms with Crippen molar-refractivity contribution < 1.29 is 0 Å². The Morgan fingerprint density at radius 3 is 2.63 bits per heavy atom. The molecule has 1 aliphatic carbocycles. The summed E-state index contributed by atoms with van der Waals surface area (Å²) < 4.78 is 2.29. The number of nitrogens with zero attached hydrogens (tertiary/aromatic N) is 1. The Labute approximate surface area is 112 Å². The predicted molar refractivity (Wildman–Crippen MR) is 82.2 cm³/mol. The number of para-hydroxylation sites is 1. The van der Waals surface area contributed by atoms with Crippen LogP contribution in [0.1, 0.15) is 12.0 Å². The molecule has 4 rings (SSSR count). The smallest absolute Gasteiger partial charge is 0.0494 e. The summed E-state index contributed by atoms with van der Waals surface area (Å²) in [6.07, 6.45) is 7.61. The zero-order valence-corrected chi connectivity index (χ0v) is 10.9. The molecule has 0 aliphatic heterocycles. The molecule has 0 N–H and O–H groups in total. The summed E-state index contributed by atoms with van der Waals surface area (Å²) >= 11 is 0. The number of allylic oxidation sites excluding steroid dienone is 4. The number of aryl methyl sites for hydroxylation is 1. The van der Waals surface area contributed by atoms with Gasteiger partial charge in [-0.05, 0) is 29.7 Å². The van der Waals surface area contributed by atoms with Crippen molar-refractivity contribution in [3.63, 3.8) is 0 Å². The van der Waals surface area contributed by atoms with E-state index in [-0.39, 0.29) is 0 Å². The first kappa shape index (κ1) is 10.6. The molecule has 0 saturated carbocycles. The van der Waals surface area contributed by atoms with E-state index < -0.39 is 0 Å². The Morgan fingerprint density at radius 1 is 0.947 bits per heavy atom. The molecule has 1 heteroatoms. The van der Waals surface area contributed by atoms with E-state index in [1.54, 1.807) is 0 Å². The Balaban J connectivity index is 2.04. The average Bonchev–Trinajstić information content (AvgIpc) is 3.08. The first-order valence-electron chi connectivity index (χ1n) is 6.68. The second-order valence-corrected chi connectivity index (χ2v) is 5.13. The predicted octanol–water partition coefficient (Wildman–Crippen LogP) is 4.67. The second-order valence-electron chi connectivity index (χ2n) is 5.13. The topological polar surface area (TPSA) is 4.93 Å². The van der Waals surface area contributed by atoms with Crippen LogP contribution in [0.15, 0.2) is 60.7 Å². The van der Waals surface area contributed by atoms with Crippen LogP contribution < -0.4 is 0 Å². The molecule has 19 heavy (non-hydrogen) atoms. The third-order valence-electron chi connectivity index (χ3n) is 4.06. The van der Waals surface area contributed by atoms with Crippen molar-refractivity contribution in [1.82, 2.24) is 4.57 Å². The minimum absolute atomic E-state index is 1.05. The van der Waals surface area contributed by atoms with E-state index in [4.69, 9.17) is 0 Å². The molecule has 92 valence electrons. The molecule has 1 heterocycles. The molecule has 2 aromatic carbocycles. The highest BCUT2D eigenvalue weighted by Gasteiger charge is 2.10. The summed E-state index contributed by atoms with van der Waals surface area (Å²) in [4.78, 5) is 0. The van der Waals surface area contributed by atoms with Crippen LogP contribution in [0.25, 0.3) is 27.4 Å². The van der Waals surface area contributed by atoms with Gasteiger partial charge in [-0.1, -0.05) is 48.6 Å². The lowest BCUT2D eigenvalue weighted by atomic mass is 10.0. The molecular weight excluding hydrogens is 230 g/mol. The van der Waals surface area contributed by atoms with Crippen LogP contribution in [0.4, 0.5) is 0 Å². The van der Waals surface area contributed by atoms with Gasteiger partial charge in [0.15, 0.2) is 0 Å². The fourth-order valence-corrected chi connectivity index (χ4v) is 3.02. The number of aromatic nitrogens is 1. The fraction of sp³-hybridized carbons (Fsp3) is 0.111. The zero-order valence-electron chi connectivity index (χ0n) is 10.9. The number of rotatable bonds is 1. The van der Waals surface area contributed by atoms with Gasteiger partial charge < -0.3 is 4.57 Å². The molecule has 1 nitrogen and oxygen atoms in total. The van der Waals surface area contributed by atoms with Crippen LogP contribution in [0.3, 0.4) is 0 Å². The third kappa shape index (κ3) is 1.48. The van der Waals surface area contributed by atoms with Gasteiger partial charge in [0.25, 0.3) is 0 Å². The maximum Gasteiger partial charge on any atom is 0.0494 e. The van der Waals surface area contributed by atoms with Crippen molar-refractivity contribution in [3.05, 3.63) is 66.3 Å². The van der Waals surface area contributed by atoms with E-state index in [2.05, 4.69) is 72.3 Å². The van der Waals surface area contributed by atoms with Crippen LogP contribution >= 0.6 is 0 Å². The van der Waals surface area contributed by atoms with E-state index in [1.165, 1.54) is 32.9 Å². The Hall–Kier alpha value is -2.28. The van der Waals surface area contributed by atoms with Gasteiger partial charge in [-0.2, -0.15) is 0 Å². The first-order chi connectivity index (χ1) is 9.34. The second kappa shape index (κ2) is 3.86. The SMILES string of the molecule is Cn1c2ccccc2c2ccc(C3=CC=CC3)cc21. The molecule has 0 unspecified atom stereocenters. The van der Waals surface area contributed by atoms with Gasteiger partial charge in [0.2, 0.25) is 0 Å². The van der Waals surface area contributed by atoms with Crippen molar-refractivity contribution in [2.45, 2.75) is 6.42 Å². The first-order valence-corrected chi connectivity index (χ1v) is 6.68. The zero-order chi connectivity index (χ0) is 12.8. The number of hydrogen-bond acceptors (Lipinski definition) is 0. The third-order valence-corrected chi connectivity index (χ3v) is 4.06. The van der Waals surface area contributed by atoms with E-state index in [9.17, 15) is 0 Å². The minimum Gasteiger partial charge on any atom is -0.344 e. The van der Waals surface area contributed by atoms with E-state index >= 15 is 0 Å². The lowest BCUT2D eigenvalue weighted by Crippen LogP contribution is -1.88. The monoisotopic (exact) mass is 245 g/mol. The highest BCUT2D eigenvalue weighted by Crippen LogP contribution is 2.31. The normalized spacial score (nSPS) is 14.5. The molecule has 0 atom stereocenters. The summed E-state index contributed by atoms with van der Waals surface area (Å²) in [5.41, 5.74) is 5.36. The van der Waals surface area contributed by atoms with Gasteiger partial charge in [-0.25, -0.2) is 0 Å². The molecule has 3 aromatic rings. The van der Waals surface area contributed by atoms with Crippen LogP contribution in [0.2, 0.25) is 0 Å².